The van der Waals surface area contributed by atoms with E-state index in [9.17, 15) is 9.90 Å². The van der Waals surface area contributed by atoms with Crippen molar-refractivity contribution in [3.05, 3.63) is 69.8 Å². The van der Waals surface area contributed by atoms with Crippen molar-refractivity contribution in [3.8, 4) is 11.5 Å². The molecule has 0 unspecified atom stereocenters. The molecule has 0 fully saturated rings. The van der Waals surface area contributed by atoms with E-state index >= 15 is 0 Å². The van der Waals surface area contributed by atoms with Crippen LogP contribution < -0.4 is 4.74 Å². The number of ether oxygens (including phenoxy) is 2. The second kappa shape index (κ2) is 9.28. The number of carbonyl (C=O) groups is 1. The molecule has 0 atom stereocenters. The summed E-state index contributed by atoms with van der Waals surface area (Å²) in [4.78, 5) is 12.3. The van der Waals surface area contributed by atoms with E-state index in [4.69, 9.17) is 21.1 Å². The number of phenolic OH excluding ortho intramolecular Hbond substituents is 1. The van der Waals surface area contributed by atoms with E-state index in [-0.39, 0.29) is 11.3 Å². The van der Waals surface area contributed by atoms with E-state index in [0.717, 1.165) is 11.1 Å². The van der Waals surface area contributed by atoms with Gasteiger partial charge >= 0.3 is 5.97 Å². The van der Waals surface area contributed by atoms with Crippen LogP contribution in [0.3, 0.4) is 0 Å². The maximum absolute atomic E-state index is 12.3. The lowest BCUT2D eigenvalue weighted by Gasteiger charge is -2.16. The highest BCUT2D eigenvalue weighted by Crippen LogP contribution is 2.37. The fourth-order valence-electron chi connectivity index (χ4n) is 2.70. The summed E-state index contributed by atoms with van der Waals surface area (Å²) in [7, 11) is 2.81. The van der Waals surface area contributed by atoms with Gasteiger partial charge in [0.15, 0.2) is 0 Å². The highest BCUT2D eigenvalue weighted by Gasteiger charge is 2.22. The molecule has 0 aliphatic heterocycles. The van der Waals surface area contributed by atoms with Crippen LogP contribution in [0.5, 0.6) is 11.5 Å². The molecule has 5 heteroatoms. The molecule has 0 saturated heterocycles. The Kier molecular flexibility index (Phi) is 7.08. The summed E-state index contributed by atoms with van der Waals surface area (Å²) >= 11 is 6.18. The van der Waals surface area contributed by atoms with Gasteiger partial charge in [0, 0.05) is 10.6 Å². The first-order chi connectivity index (χ1) is 12.9. The van der Waals surface area contributed by atoms with Crippen molar-refractivity contribution in [1.29, 1.82) is 0 Å². The van der Waals surface area contributed by atoms with Gasteiger partial charge < -0.3 is 14.6 Å². The highest BCUT2D eigenvalue weighted by molar-refractivity contribution is 6.32. The predicted octanol–water partition coefficient (Wildman–Crippen LogP) is 5.52. The van der Waals surface area contributed by atoms with Crippen molar-refractivity contribution in [2.45, 2.75) is 19.8 Å². The summed E-state index contributed by atoms with van der Waals surface area (Å²) in [6.07, 6.45) is 4.65. The smallest absolute Gasteiger partial charge is 0.342 e. The largest absolute Gasteiger partial charge is 0.507 e. The average molecular weight is 387 g/mol. The Labute approximate surface area is 164 Å². The Morgan fingerprint density at radius 2 is 1.89 bits per heavy atom. The van der Waals surface area contributed by atoms with Gasteiger partial charge in [-0.2, -0.15) is 0 Å². The van der Waals surface area contributed by atoms with Crippen LogP contribution in [0.25, 0.3) is 12.2 Å². The molecule has 2 aromatic carbocycles. The zero-order chi connectivity index (χ0) is 20.0. The van der Waals surface area contributed by atoms with E-state index in [1.54, 1.807) is 24.3 Å². The molecule has 1 N–H and O–H groups in total. The lowest BCUT2D eigenvalue weighted by Crippen LogP contribution is -2.07. The Morgan fingerprint density at radius 3 is 2.48 bits per heavy atom. The molecule has 0 spiro atoms. The zero-order valence-electron chi connectivity index (χ0n) is 15.7. The molecule has 0 radical (unpaired) electrons. The van der Waals surface area contributed by atoms with Gasteiger partial charge in [-0.1, -0.05) is 47.5 Å². The fraction of sp³-hybridized carbons (Fsp3) is 0.227. The molecule has 0 heterocycles. The summed E-state index contributed by atoms with van der Waals surface area (Å²) in [5.41, 5.74) is 2.89. The first kappa shape index (κ1) is 20.6. The monoisotopic (exact) mass is 386 g/mol. The van der Waals surface area contributed by atoms with Crippen LogP contribution in [0.4, 0.5) is 0 Å². The number of esters is 1. The molecule has 0 aromatic heterocycles. The van der Waals surface area contributed by atoms with Gasteiger partial charge in [0.05, 0.1) is 14.2 Å². The third-order valence-corrected chi connectivity index (χ3v) is 4.50. The van der Waals surface area contributed by atoms with E-state index in [1.807, 2.05) is 25.1 Å². The fourth-order valence-corrected chi connectivity index (χ4v) is 2.90. The lowest BCUT2D eigenvalue weighted by atomic mass is 9.96. The Hall–Kier alpha value is -2.72. The molecule has 27 heavy (non-hydrogen) atoms. The first-order valence-corrected chi connectivity index (χ1v) is 8.85. The minimum absolute atomic E-state index is 0.0957. The first-order valence-electron chi connectivity index (χ1n) is 8.47. The third kappa shape index (κ3) is 4.92. The van der Waals surface area contributed by atoms with Crippen LogP contribution in [-0.2, 0) is 11.2 Å². The number of halogens is 1. The van der Waals surface area contributed by atoms with Crippen molar-refractivity contribution in [3.63, 3.8) is 0 Å². The SMILES string of the molecule is C=C(C)CCc1c(OC)cc(/C=C/c2ccccc2Cl)c(C(=O)OC)c1O. The van der Waals surface area contributed by atoms with E-state index < -0.39 is 5.97 Å². The van der Waals surface area contributed by atoms with Crippen molar-refractivity contribution in [1.82, 2.24) is 0 Å². The zero-order valence-corrected chi connectivity index (χ0v) is 16.5. The molecule has 0 saturated carbocycles. The van der Waals surface area contributed by atoms with E-state index in [0.29, 0.717) is 34.7 Å². The quantitative estimate of drug-likeness (QED) is 0.386. The molecule has 0 amide bonds. The maximum Gasteiger partial charge on any atom is 0.342 e. The van der Waals surface area contributed by atoms with Gasteiger partial charge in [0.25, 0.3) is 0 Å². The molecule has 0 aliphatic rings. The molecule has 4 nitrogen and oxygen atoms in total. The molecular formula is C22H23ClO4. The number of aromatic hydroxyl groups is 1. The Balaban J connectivity index is 2.58. The highest BCUT2D eigenvalue weighted by atomic mass is 35.5. The van der Waals surface area contributed by atoms with Crippen molar-refractivity contribution in [2.24, 2.45) is 0 Å². The molecular weight excluding hydrogens is 364 g/mol. The minimum atomic E-state index is -0.620. The Bertz CT molecular complexity index is 884. The summed E-state index contributed by atoms with van der Waals surface area (Å²) < 4.78 is 10.3. The summed E-state index contributed by atoms with van der Waals surface area (Å²) in [6, 6.07) is 9.06. The lowest BCUT2D eigenvalue weighted by molar-refractivity contribution is 0.0597. The molecule has 2 aromatic rings. The molecule has 142 valence electrons. The van der Waals surface area contributed by atoms with Gasteiger partial charge in [-0.05, 0) is 43.0 Å². The van der Waals surface area contributed by atoms with Crippen molar-refractivity contribution in [2.75, 3.05) is 14.2 Å². The van der Waals surface area contributed by atoms with Crippen LogP contribution in [0.2, 0.25) is 5.02 Å². The molecule has 2 rings (SSSR count). The van der Waals surface area contributed by atoms with Crippen molar-refractivity contribution < 1.29 is 19.4 Å². The summed E-state index contributed by atoms with van der Waals surface area (Å²) in [6.45, 7) is 5.79. The van der Waals surface area contributed by atoms with Crippen molar-refractivity contribution >= 4 is 29.7 Å². The topological polar surface area (TPSA) is 55.8 Å². The molecule has 0 bridgehead atoms. The maximum atomic E-state index is 12.3. The van der Waals surface area contributed by atoms with Crippen LogP contribution in [0.15, 0.2) is 42.5 Å². The van der Waals surface area contributed by atoms with Gasteiger partial charge in [-0.3, -0.25) is 0 Å². The van der Waals surface area contributed by atoms with Gasteiger partial charge in [0.1, 0.15) is 17.1 Å². The third-order valence-electron chi connectivity index (χ3n) is 4.15. The number of hydrogen-bond acceptors (Lipinski definition) is 4. The predicted molar refractivity (Wildman–Crippen MR) is 110 cm³/mol. The van der Waals surface area contributed by atoms with Crippen LogP contribution in [0, 0.1) is 0 Å². The van der Waals surface area contributed by atoms with Gasteiger partial charge in [-0.15, -0.1) is 6.58 Å². The Morgan fingerprint density at radius 1 is 1.22 bits per heavy atom. The number of rotatable bonds is 7. The standard InChI is InChI=1S/C22H23ClO4/c1-14(2)9-12-17-19(26-3)13-16(20(21(17)24)22(25)27-4)11-10-15-7-5-6-8-18(15)23/h5-8,10-11,13,24H,1,9,12H2,2-4H3/b11-10+. The number of carbonyl (C=O) groups excluding carboxylic acids is 1. The summed E-state index contributed by atoms with van der Waals surface area (Å²) in [5, 5.41) is 11.4. The number of allylic oxidation sites excluding steroid dienone is 1. The number of benzene rings is 2. The van der Waals surface area contributed by atoms with Gasteiger partial charge in [0.2, 0.25) is 0 Å². The van der Waals surface area contributed by atoms with Crippen LogP contribution in [0.1, 0.15) is 40.4 Å². The molecule has 0 aliphatic carbocycles. The number of hydrogen-bond donors (Lipinski definition) is 1. The second-order valence-corrected chi connectivity index (χ2v) is 6.58. The van der Waals surface area contributed by atoms with Crippen LogP contribution >= 0.6 is 11.6 Å². The van der Waals surface area contributed by atoms with E-state index in [2.05, 4.69) is 6.58 Å². The normalized spacial score (nSPS) is 10.8. The number of methoxy groups -OCH3 is 2. The summed E-state index contributed by atoms with van der Waals surface area (Å²) in [5.74, 6) is -0.257. The second-order valence-electron chi connectivity index (χ2n) is 6.17. The van der Waals surface area contributed by atoms with Gasteiger partial charge in [-0.25, -0.2) is 4.79 Å². The van der Waals surface area contributed by atoms with Crippen LogP contribution in [-0.4, -0.2) is 25.3 Å². The number of phenols is 1. The minimum Gasteiger partial charge on any atom is -0.507 e. The average Bonchev–Trinajstić information content (AvgIpc) is 2.65. The van der Waals surface area contributed by atoms with E-state index in [1.165, 1.54) is 14.2 Å².